The van der Waals surface area contributed by atoms with Crippen molar-refractivity contribution in [1.82, 2.24) is 19.9 Å². The van der Waals surface area contributed by atoms with Crippen LogP contribution in [0.5, 0.6) is 0 Å². The van der Waals surface area contributed by atoms with E-state index in [0.717, 1.165) is 55.9 Å². The molecule has 8 heteroatoms. The monoisotopic (exact) mass is 404 g/mol. The summed E-state index contributed by atoms with van der Waals surface area (Å²) in [7, 11) is 0. The molecule has 1 saturated heterocycles. The summed E-state index contributed by atoms with van der Waals surface area (Å²) in [5, 5.41) is 1.08. The Hall–Kier alpha value is -1.66. The summed E-state index contributed by atoms with van der Waals surface area (Å²) in [5.41, 5.74) is 0. The SMILES string of the molecule is Clc1cc(N2CCCN(c3cc(Cl)nc(C4CC4)n3)CC2)nc(C2CC2)n1. The Labute approximate surface area is 168 Å². The fraction of sp³-hybridized carbons (Fsp3) is 0.579. The van der Waals surface area contributed by atoms with Crippen molar-refractivity contribution in [2.45, 2.75) is 43.9 Å². The highest BCUT2D eigenvalue weighted by Gasteiger charge is 2.29. The summed E-state index contributed by atoms with van der Waals surface area (Å²) >= 11 is 12.5. The Morgan fingerprint density at radius 3 is 1.52 bits per heavy atom. The minimum atomic E-state index is 0.495. The van der Waals surface area contributed by atoms with Crippen LogP contribution in [0.25, 0.3) is 0 Å². The van der Waals surface area contributed by atoms with Crippen molar-refractivity contribution in [3.05, 3.63) is 34.1 Å². The third-order valence-corrected chi connectivity index (χ3v) is 5.81. The van der Waals surface area contributed by atoms with Crippen molar-refractivity contribution in [2.24, 2.45) is 0 Å². The van der Waals surface area contributed by atoms with E-state index in [-0.39, 0.29) is 0 Å². The van der Waals surface area contributed by atoms with Gasteiger partial charge in [-0.2, -0.15) is 0 Å². The first-order valence-corrected chi connectivity index (χ1v) is 10.5. The van der Waals surface area contributed by atoms with Crippen LogP contribution >= 0.6 is 23.2 Å². The zero-order valence-corrected chi connectivity index (χ0v) is 16.6. The molecule has 0 radical (unpaired) electrons. The van der Waals surface area contributed by atoms with Gasteiger partial charge in [-0.15, -0.1) is 0 Å². The Balaban J connectivity index is 1.33. The van der Waals surface area contributed by atoms with Gasteiger partial charge in [0.15, 0.2) is 0 Å². The molecule has 3 aliphatic rings. The van der Waals surface area contributed by atoms with Gasteiger partial charge in [0.05, 0.1) is 0 Å². The van der Waals surface area contributed by atoms with E-state index < -0.39 is 0 Å². The van der Waals surface area contributed by atoms with Crippen LogP contribution in [0.4, 0.5) is 11.6 Å². The largest absolute Gasteiger partial charge is 0.355 e. The summed E-state index contributed by atoms with van der Waals surface area (Å²) in [4.78, 5) is 23.0. The highest BCUT2D eigenvalue weighted by molar-refractivity contribution is 6.29. The van der Waals surface area contributed by atoms with Gasteiger partial charge in [-0.3, -0.25) is 0 Å². The topological polar surface area (TPSA) is 58.0 Å². The van der Waals surface area contributed by atoms with Crippen LogP contribution in [0.15, 0.2) is 12.1 Å². The highest BCUT2D eigenvalue weighted by Crippen LogP contribution is 2.40. The van der Waals surface area contributed by atoms with Gasteiger partial charge >= 0.3 is 0 Å². The first-order valence-electron chi connectivity index (χ1n) is 9.74. The molecule has 142 valence electrons. The standard InChI is InChI=1S/C19H22Cl2N6/c20-14-10-16(24-18(22-14)12-2-3-12)26-6-1-7-27(9-8-26)17-11-15(21)23-19(25-17)13-4-5-13/h10-13H,1-9H2. The lowest BCUT2D eigenvalue weighted by Crippen LogP contribution is -2.32. The van der Waals surface area contributed by atoms with E-state index in [1.54, 1.807) is 0 Å². The zero-order valence-electron chi connectivity index (χ0n) is 15.1. The molecular formula is C19H22Cl2N6. The molecule has 1 aliphatic heterocycles. The van der Waals surface area contributed by atoms with Gasteiger partial charge in [0, 0.05) is 50.1 Å². The molecule has 0 aromatic carbocycles. The van der Waals surface area contributed by atoms with Crippen LogP contribution in [-0.4, -0.2) is 46.1 Å². The number of anilines is 2. The van der Waals surface area contributed by atoms with Crippen molar-refractivity contribution in [2.75, 3.05) is 36.0 Å². The van der Waals surface area contributed by atoms with Crippen LogP contribution in [-0.2, 0) is 0 Å². The van der Waals surface area contributed by atoms with Gasteiger partial charge in [-0.1, -0.05) is 23.2 Å². The van der Waals surface area contributed by atoms with E-state index in [4.69, 9.17) is 33.2 Å². The molecule has 2 aromatic heterocycles. The molecule has 2 aromatic rings. The number of hydrogen-bond acceptors (Lipinski definition) is 6. The first-order chi connectivity index (χ1) is 13.2. The molecule has 0 unspecified atom stereocenters. The Morgan fingerprint density at radius 1 is 0.667 bits per heavy atom. The molecule has 0 atom stereocenters. The van der Waals surface area contributed by atoms with E-state index in [9.17, 15) is 0 Å². The molecule has 27 heavy (non-hydrogen) atoms. The number of rotatable bonds is 4. The average Bonchev–Trinajstić information content (AvgIpc) is 3.53. The maximum atomic E-state index is 6.26. The normalized spacial score (nSPS) is 20.7. The van der Waals surface area contributed by atoms with Crippen molar-refractivity contribution in [1.29, 1.82) is 0 Å². The fourth-order valence-electron chi connectivity index (χ4n) is 3.59. The van der Waals surface area contributed by atoms with Crippen molar-refractivity contribution in [3.63, 3.8) is 0 Å². The lowest BCUT2D eigenvalue weighted by Gasteiger charge is -2.24. The first kappa shape index (κ1) is 17.4. The van der Waals surface area contributed by atoms with Crippen LogP contribution in [0.1, 0.15) is 55.6 Å². The van der Waals surface area contributed by atoms with Crippen molar-refractivity contribution >= 4 is 34.8 Å². The van der Waals surface area contributed by atoms with Gasteiger partial charge in [-0.25, -0.2) is 19.9 Å². The second-order valence-corrected chi connectivity index (χ2v) is 8.46. The van der Waals surface area contributed by atoms with Gasteiger partial charge in [0.2, 0.25) is 0 Å². The third-order valence-electron chi connectivity index (χ3n) is 5.43. The summed E-state index contributed by atoms with van der Waals surface area (Å²) in [5.74, 6) is 4.67. The molecule has 3 heterocycles. The number of hydrogen-bond donors (Lipinski definition) is 0. The van der Waals surface area contributed by atoms with Crippen LogP contribution in [0.3, 0.4) is 0 Å². The maximum Gasteiger partial charge on any atom is 0.135 e. The number of halogens is 2. The molecule has 3 fully saturated rings. The summed E-state index contributed by atoms with van der Waals surface area (Å²) < 4.78 is 0. The number of aromatic nitrogens is 4. The van der Waals surface area contributed by atoms with Gasteiger partial charge in [0.25, 0.3) is 0 Å². The smallest absolute Gasteiger partial charge is 0.135 e. The minimum Gasteiger partial charge on any atom is -0.355 e. The molecular weight excluding hydrogens is 383 g/mol. The molecule has 6 nitrogen and oxygen atoms in total. The molecule has 0 amide bonds. The maximum absolute atomic E-state index is 6.26. The Morgan fingerprint density at radius 2 is 1.11 bits per heavy atom. The predicted octanol–water partition coefficient (Wildman–Crippen LogP) is 4.04. The van der Waals surface area contributed by atoms with E-state index in [0.29, 0.717) is 22.1 Å². The fourth-order valence-corrected chi connectivity index (χ4v) is 3.96. The molecule has 2 aliphatic carbocycles. The molecule has 2 saturated carbocycles. The second kappa shape index (κ2) is 7.06. The zero-order chi connectivity index (χ0) is 18.4. The Bertz CT molecular complexity index is 783. The van der Waals surface area contributed by atoms with E-state index in [1.807, 2.05) is 12.1 Å². The molecule has 5 rings (SSSR count). The average molecular weight is 405 g/mol. The summed E-state index contributed by atoms with van der Waals surface area (Å²) in [6.45, 7) is 3.64. The van der Waals surface area contributed by atoms with Crippen LogP contribution in [0.2, 0.25) is 10.3 Å². The molecule has 0 bridgehead atoms. The van der Waals surface area contributed by atoms with Crippen molar-refractivity contribution < 1.29 is 0 Å². The molecule has 0 N–H and O–H groups in total. The van der Waals surface area contributed by atoms with E-state index >= 15 is 0 Å². The van der Waals surface area contributed by atoms with Gasteiger partial charge < -0.3 is 9.80 Å². The second-order valence-electron chi connectivity index (χ2n) is 7.69. The number of nitrogens with zero attached hydrogens (tertiary/aromatic N) is 6. The van der Waals surface area contributed by atoms with Crippen LogP contribution < -0.4 is 9.80 Å². The third kappa shape index (κ3) is 3.97. The quantitative estimate of drug-likeness (QED) is 0.716. The minimum absolute atomic E-state index is 0.495. The van der Waals surface area contributed by atoms with Gasteiger partial charge in [-0.05, 0) is 32.1 Å². The van der Waals surface area contributed by atoms with Crippen LogP contribution in [0, 0.1) is 0 Å². The Kier molecular flexibility index (Phi) is 4.56. The lowest BCUT2D eigenvalue weighted by atomic mass is 10.3. The summed E-state index contributed by atoms with van der Waals surface area (Å²) in [6.07, 6.45) is 5.72. The predicted molar refractivity (Wildman–Crippen MR) is 107 cm³/mol. The lowest BCUT2D eigenvalue weighted by molar-refractivity contribution is 0.782. The molecule has 0 spiro atoms. The van der Waals surface area contributed by atoms with E-state index in [2.05, 4.69) is 19.8 Å². The van der Waals surface area contributed by atoms with Crippen molar-refractivity contribution in [3.8, 4) is 0 Å². The van der Waals surface area contributed by atoms with E-state index in [1.165, 1.54) is 25.7 Å². The highest BCUT2D eigenvalue weighted by atomic mass is 35.5. The summed E-state index contributed by atoms with van der Waals surface area (Å²) in [6, 6.07) is 3.77. The van der Waals surface area contributed by atoms with Gasteiger partial charge in [0.1, 0.15) is 33.6 Å².